The fraction of sp³-hybridized carbons (Fsp3) is 0.368. The molecule has 5 nitrogen and oxygen atoms in total. The molecule has 1 aliphatic heterocycles. The topological polar surface area (TPSA) is 66.8 Å². The molecule has 0 aliphatic carbocycles. The number of rotatable bonds is 7. The fourth-order valence-electron chi connectivity index (χ4n) is 3.05. The van der Waals surface area contributed by atoms with Crippen LogP contribution in [0.2, 0.25) is 0 Å². The second-order valence-corrected chi connectivity index (χ2v) is 7.70. The molecule has 0 radical (unpaired) electrons. The Hall–Kier alpha value is -1.89. The van der Waals surface area contributed by atoms with E-state index in [-0.39, 0.29) is 4.90 Å². The van der Waals surface area contributed by atoms with Crippen LogP contribution in [0, 0.1) is 0 Å². The highest BCUT2D eigenvalue weighted by Gasteiger charge is 2.11. The van der Waals surface area contributed by atoms with Gasteiger partial charge in [0, 0.05) is 6.54 Å². The van der Waals surface area contributed by atoms with Gasteiger partial charge in [0.1, 0.15) is 5.75 Å². The van der Waals surface area contributed by atoms with E-state index in [9.17, 15) is 8.42 Å². The maximum absolute atomic E-state index is 11.1. The molecule has 0 aromatic heterocycles. The number of hydrogen-bond acceptors (Lipinski definition) is 4. The third kappa shape index (κ3) is 5.04. The minimum Gasteiger partial charge on any atom is -0.494 e. The van der Waals surface area contributed by atoms with E-state index in [1.165, 1.54) is 38.1 Å². The van der Waals surface area contributed by atoms with Gasteiger partial charge in [-0.3, -0.25) is 4.55 Å². The highest BCUT2D eigenvalue weighted by molar-refractivity contribution is 7.85. The SMILES string of the molecule is O=S(=O)(O)c1ccc(-c2ccc(OCCCN3CCCC3)cc2)cc1. The van der Waals surface area contributed by atoms with Gasteiger partial charge in [-0.25, -0.2) is 0 Å². The summed E-state index contributed by atoms with van der Waals surface area (Å²) < 4.78 is 36.9. The van der Waals surface area contributed by atoms with Crippen molar-refractivity contribution in [2.24, 2.45) is 0 Å². The molecule has 25 heavy (non-hydrogen) atoms. The van der Waals surface area contributed by atoms with Crippen LogP contribution >= 0.6 is 0 Å². The van der Waals surface area contributed by atoms with Gasteiger partial charge in [-0.05, 0) is 67.7 Å². The van der Waals surface area contributed by atoms with Gasteiger partial charge in [-0.2, -0.15) is 8.42 Å². The van der Waals surface area contributed by atoms with E-state index in [4.69, 9.17) is 9.29 Å². The van der Waals surface area contributed by atoms with Gasteiger partial charge in [0.05, 0.1) is 11.5 Å². The summed E-state index contributed by atoms with van der Waals surface area (Å²) in [6.07, 6.45) is 3.65. The molecule has 0 atom stereocenters. The fourth-order valence-corrected chi connectivity index (χ4v) is 3.53. The van der Waals surface area contributed by atoms with Gasteiger partial charge in [0.25, 0.3) is 10.1 Å². The first-order chi connectivity index (χ1) is 12.0. The monoisotopic (exact) mass is 361 g/mol. The van der Waals surface area contributed by atoms with Crippen LogP contribution in [0.4, 0.5) is 0 Å². The third-order valence-corrected chi connectivity index (χ3v) is 5.29. The standard InChI is InChI=1S/C19H23NO4S/c21-25(22,23)19-10-6-17(7-11-19)16-4-8-18(9-5-16)24-15-3-14-20-12-1-2-13-20/h4-11H,1-3,12-15H2,(H,21,22,23). The minimum atomic E-state index is -4.15. The smallest absolute Gasteiger partial charge is 0.294 e. The molecule has 0 saturated carbocycles. The van der Waals surface area contributed by atoms with Gasteiger partial charge in [0.15, 0.2) is 0 Å². The summed E-state index contributed by atoms with van der Waals surface area (Å²) >= 11 is 0. The van der Waals surface area contributed by atoms with E-state index in [0.717, 1.165) is 29.8 Å². The number of benzene rings is 2. The Morgan fingerprint density at radius 2 is 1.48 bits per heavy atom. The first kappa shape index (κ1) is 17.9. The lowest BCUT2D eigenvalue weighted by molar-refractivity contribution is 0.263. The quantitative estimate of drug-likeness (QED) is 0.604. The molecule has 1 N–H and O–H groups in total. The Morgan fingerprint density at radius 3 is 2.04 bits per heavy atom. The third-order valence-electron chi connectivity index (χ3n) is 4.43. The molecule has 6 heteroatoms. The van der Waals surface area contributed by atoms with Crippen molar-refractivity contribution in [3.05, 3.63) is 48.5 Å². The maximum atomic E-state index is 11.1. The van der Waals surface area contributed by atoms with Crippen molar-refractivity contribution in [3.8, 4) is 16.9 Å². The van der Waals surface area contributed by atoms with Crippen LogP contribution in [0.1, 0.15) is 19.3 Å². The van der Waals surface area contributed by atoms with E-state index in [0.29, 0.717) is 6.61 Å². The molecule has 2 aromatic rings. The molecule has 0 unspecified atom stereocenters. The van der Waals surface area contributed by atoms with E-state index >= 15 is 0 Å². The molecule has 134 valence electrons. The van der Waals surface area contributed by atoms with E-state index < -0.39 is 10.1 Å². The summed E-state index contributed by atoms with van der Waals surface area (Å²) in [6, 6.07) is 13.9. The van der Waals surface area contributed by atoms with Crippen molar-refractivity contribution in [2.75, 3.05) is 26.2 Å². The van der Waals surface area contributed by atoms with Crippen LogP contribution < -0.4 is 4.74 Å². The molecular formula is C19H23NO4S. The average Bonchev–Trinajstić information content (AvgIpc) is 3.12. The Kier molecular flexibility index (Phi) is 5.73. The van der Waals surface area contributed by atoms with Crippen molar-refractivity contribution in [1.29, 1.82) is 0 Å². The largest absolute Gasteiger partial charge is 0.494 e. The van der Waals surface area contributed by atoms with E-state index in [1.807, 2.05) is 24.3 Å². The zero-order valence-electron chi connectivity index (χ0n) is 14.1. The predicted octanol–water partition coefficient (Wildman–Crippen LogP) is 3.47. The highest BCUT2D eigenvalue weighted by atomic mass is 32.2. The molecule has 1 fully saturated rings. The number of nitrogens with zero attached hydrogens (tertiary/aromatic N) is 1. The molecule has 0 spiro atoms. The van der Waals surface area contributed by atoms with Gasteiger partial charge < -0.3 is 9.64 Å². The molecule has 0 bridgehead atoms. The zero-order valence-corrected chi connectivity index (χ0v) is 14.9. The summed E-state index contributed by atoms with van der Waals surface area (Å²) in [6.45, 7) is 4.23. The number of likely N-dealkylation sites (tertiary alicyclic amines) is 1. The molecule has 1 aliphatic rings. The van der Waals surface area contributed by atoms with Crippen molar-refractivity contribution >= 4 is 10.1 Å². The molecule has 1 heterocycles. The Labute approximate surface area is 149 Å². The summed E-state index contributed by atoms with van der Waals surface area (Å²) in [5.41, 5.74) is 1.85. The Bertz CT molecular complexity index is 779. The average molecular weight is 361 g/mol. The second kappa shape index (κ2) is 7.99. The first-order valence-electron chi connectivity index (χ1n) is 8.55. The zero-order chi connectivity index (χ0) is 17.7. The predicted molar refractivity (Wildman–Crippen MR) is 97.5 cm³/mol. The van der Waals surface area contributed by atoms with Gasteiger partial charge in [0.2, 0.25) is 0 Å². The van der Waals surface area contributed by atoms with Crippen LogP contribution in [0.3, 0.4) is 0 Å². The number of ether oxygens (including phenoxy) is 1. The number of hydrogen-bond donors (Lipinski definition) is 1. The summed E-state index contributed by atoms with van der Waals surface area (Å²) in [7, 11) is -4.15. The van der Waals surface area contributed by atoms with Gasteiger partial charge >= 0.3 is 0 Å². The van der Waals surface area contributed by atoms with Gasteiger partial charge in [-0.15, -0.1) is 0 Å². The molecular weight excluding hydrogens is 338 g/mol. The van der Waals surface area contributed by atoms with Crippen molar-refractivity contribution in [2.45, 2.75) is 24.2 Å². The van der Waals surface area contributed by atoms with Crippen molar-refractivity contribution in [1.82, 2.24) is 4.90 Å². The second-order valence-electron chi connectivity index (χ2n) is 6.27. The maximum Gasteiger partial charge on any atom is 0.294 e. The summed E-state index contributed by atoms with van der Waals surface area (Å²) in [5.74, 6) is 0.833. The Balaban J connectivity index is 1.53. The lowest BCUT2D eigenvalue weighted by Gasteiger charge is -2.14. The summed E-state index contributed by atoms with van der Waals surface area (Å²) in [5, 5.41) is 0. The van der Waals surface area contributed by atoms with Crippen LogP contribution in [0.5, 0.6) is 5.75 Å². The van der Waals surface area contributed by atoms with E-state index in [1.54, 1.807) is 12.1 Å². The van der Waals surface area contributed by atoms with Crippen LogP contribution in [0.15, 0.2) is 53.4 Å². The minimum absolute atomic E-state index is 0.103. The molecule has 2 aromatic carbocycles. The van der Waals surface area contributed by atoms with Crippen LogP contribution in [-0.4, -0.2) is 44.1 Å². The lowest BCUT2D eigenvalue weighted by atomic mass is 10.1. The lowest BCUT2D eigenvalue weighted by Crippen LogP contribution is -2.21. The van der Waals surface area contributed by atoms with E-state index in [2.05, 4.69) is 4.90 Å². The first-order valence-corrected chi connectivity index (χ1v) is 9.99. The Morgan fingerprint density at radius 1 is 0.920 bits per heavy atom. The van der Waals surface area contributed by atoms with Crippen LogP contribution in [-0.2, 0) is 10.1 Å². The van der Waals surface area contributed by atoms with Crippen molar-refractivity contribution in [3.63, 3.8) is 0 Å². The molecule has 1 saturated heterocycles. The summed E-state index contributed by atoms with van der Waals surface area (Å²) in [4.78, 5) is 2.37. The van der Waals surface area contributed by atoms with Crippen LogP contribution in [0.25, 0.3) is 11.1 Å². The normalized spacial score (nSPS) is 15.4. The highest BCUT2D eigenvalue weighted by Crippen LogP contribution is 2.24. The van der Waals surface area contributed by atoms with Crippen molar-refractivity contribution < 1.29 is 17.7 Å². The van der Waals surface area contributed by atoms with Gasteiger partial charge in [-0.1, -0.05) is 24.3 Å². The molecule has 3 rings (SSSR count). The molecule has 0 amide bonds.